The average molecular weight is 375 g/mol. The van der Waals surface area contributed by atoms with E-state index in [2.05, 4.69) is 26.2 Å². The van der Waals surface area contributed by atoms with Gasteiger partial charge in [0.15, 0.2) is 0 Å². The first kappa shape index (κ1) is 15.2. The van der Waals surface area contributed by atoms with E-state index in [1.165, 1.54) is 24.3 Å². The van der Waals surface area contributed by atoms with Crippen LogP contribution in [0, 0.1) is 10.1 Å². The summed E-state index contributed by atoms with van der Waals surface area (Å²) < 4.78 is 2.77. The minimum Gasteiger partial charge on any atom is -0.346 e. The molecule has 0 radical (unpaired) electrons. The molecule has 0 aliphatic carbocycles. The lowest BCUT2D eigenvalue weighted by Crippen LogP contribution is -2.23. The molecule has 0 atom stereocenters. The quantitative estimate of drug-likeness (QED) is 0.561. The van der Waals surface area contributed by atoms with E-state index in [1.54, 1.807) is 0 Å². The summed E-state index contributed by atoms with van der Waals surface area (Å²) in [4.78, 5) is 26.7. The standard InChI is InChI=1S/C15H11BrN4O3/c16-11-4-5-14-18-12(9-19(14)8-11)7-17-15(21)10-2-1-3-13(6-10)20(22)23/h1-6,8-9H,7H2,(H,17,21). The van der Waals surface area contributed by atoms with Crippen LogP contribution in [0.3, 0.4) is 0 Å². The predicted octanol–water partition coefficient (Wildman–Crippen LogP) is 2.94. The molecule has 0 aliphatic rings. The van der Waals surface area contributed by atoms with Crippen LogP contribution < -0.4 is 5.32 Å². The molecule has 0 spiro atoms. The van der Waals surface area contributed by atoms with E-state index in [-0.39, 0.29) is 23.7 Å². The summed E-state index contributed by atoms with van der Waals surface area (Å²) in [5, 5.41) is 13.4. The fourth-order valence-electron chi connectivity index (χ4n) is 2.14. The van der Waals surface area contributed by atoms with Crippen LogP contribution in [-0.2, 0) is 6.54 Å². The fourth-order valence-corrected chi connectivity index (χ4v) is 2.49. The summed E-state index contributed by atoms with van der Waals surface area (Å²) in [5.74, 6) is -0.382. The monoisotopic (exact) mass is 374 g/mol. The van der Waals surface area contributed by atoms with Gasteiger partial charge in [-0.25, -0.2) is 4.98 Å². The van der Waals surface area contributed by atoms with Crippen LogP contribution >= 0.6 is 15.9 Å². The van der Waals surface area contributed by atoms with E-state index in [0.717, 1.165) is 10.1 Å². The molecule has 2 aromatic heterocycles. The van der Waals surface area contributed by atoms with Crippen LogP contribution in [0.4, 0.5) is 5.69 Å². The van der Waals surface area contributed by atoms with Crippen molar-refractivity contribution in [1.29, 1.82) is 0 Å². The number of fused-ring (bicyclic) bond motifs is 1. The number of halogens is 1. The largest absolute Gasteiger partial charge is 0.346 e. The Labute approximate surface area is 139 Å². The lowest BCUT2D eigenvalue weighted by molar-refractivity contribution is -0.384. The molecule has 0 saturated heterocycles. The van der Waals surface area contributed by atoms with Gasteiger partial charge in [0, 0.05) is 34.6 Å². The molecule has 1 aromatic carbocycles. The van der Waals surface area contributed by atoms with Crippen LogP contribution in [0.5, 0.6) is 0 Å². The number of non-ortho nitro benzene ring substituents is 1. The third-order valence-electron chi connectivity index (χ3n) is 3.21. The number of rotatable bonds is 4. The summed E-state index contributed by atoms with van der Waals surface area (Å²) in [6.45, 7) is 0.237. The first-order valence-electron chi connectivity index (χ1n) is 6.69. The molecule has 1 N–H and O–H groups in total. The Hall–Kier alpha value is -2.74. The molecule has 0 saturated carbocycles. The van der Waals surface area contributed by atoms with Crippen molar-refractivity contribution in [2.24, 2.45) is 0 Å². The number of nitro groups is 1. The van der Waals surface area contributed by atoms with E-state index in [0.29, 0.717) is 5.69 Å². The topological polar surface area (TPSA) is 89.5 Å². The average Bonchev–Trinajstić information content (AvgIpc) is 2.94. The summed E-state index contributed by atoms with van der Waals surface area (Å²) in [6.07, 6.45) is 3.68. The molecule has 0 aliphatic heterocycles. The Bertz CT molecular complexity index is 907. The van der Waals surface area contributed by atoms with Gasteiger partial charge in [-0.2, -0.15) is 0 Å². The molecule has 7 nitrogen and oxygen atoms in total. The molecule has 1 amide bonds. The van der Waals surface area contributed by atoms with E-state index in [4.69, 9.17) is 0 Å². The second kappa shape index (κ2) is 6.17. The highest BCUT2D eigenvalue weighted by Crippen LogP contribution is 2.14. The van der Waals surface area contributed by atoms with Gasteiger partial charge in [0.2, 0.25) is 0 Å². The zero-order chi connectivity index (χ0) is 16.4. The second-order valence-electron chi connectivity index (χ2n) is 4.84. The number of nitrogens with zero attached hydrogens (tertiary/aromatic N) is 3. The lowest BCUT2D eigenvalue weighted by Gasteiger charge is -2.03. The Morgan fingerprint density at radius 3 is 2.91 bits per heavy atom. The van der Waals surface area contributed by atoms with Crippen molar-refractivity contribution < 1.29 is 9.72 Å². The van der Waals surface area contributed by atoms with E-state index >= 15 is 0 Å². The van der Waals surface area contributed by atoms with Gasteiger partial charge in [0.1, 0.15) is 5.65 Å². The van der Waals surface area contributed by atoms with Gasteiger partial charge in [0.05, 0.1) is 17.2 Å². The number of hydrogen-bond acceptors (Lipinski definition) is 4. The molecule has 0 fully saturated rings. The summed E-state index contributed by atoms with van der Waals surface area (Å²) in [7, 11) is 0. The first-order chi connectivity index (χ1) is 11.0. The zero-order valence-electron chi connectivity index (χ0n) is 11.8. The summed E-state index contributed by atoms with van der Waals surface area (Å²) >= 11 is 3.38. The highest BCUT2D eigenvalue weighted by Gasteiger charge is 2.12. The number of aromatic nitrogens is 2. The third-order valence-corrected chi connectivity index (χ3v) is 3.68. The minimum absolute atomic E-state index is 0.116. The number of amides is 1. The van der Waals surface area contributed by atoms with E-state index in [9.17, 15) is 14.9 Å². The van der Waals surface area contributed by atoms with Crippen LogP contribution in [0.25, 0.3) is 5.65 Å². The van der Waals surface area contributed by atoms with Crippen molar-refractivity contribution >= 4 is 33.2 Å². The SMILES string of the molecule is O=C(NCc1cn2cc(Br)ccc2n1)c1cccc([N+](=O)[O-])c1. The number of nitro benzene ring substituents is 1. The van der Waals surface area contributed by atoms with Gasteiger partial charge in [-0.3, -0.25) is 14.9 Å². The third kappa shape index (κ3) is 3.37. The lowest BCUT2D eigenvalue weighted by atomic mass is 10.2. The number of nitrogens with one attached hydrogen (secondary N) is 1. The smallest absolute Gasteiger partial charge is 0.270 e. The first-order valence-corrected chi connectivity index (χ1v) is 7.48. The van der Waals surface area contributed by atoms with Crippen molar-refractivity contribution in [3.63, 3.8) is 0 Å². The maximum absolute atomic E-state index is 12.1. The highest BCUT2D eigenvalue weighted by atomic mass is 79.9. The van der Waals surface area contributed by atoms with Crippen molar-refractivity contribution in [3.8, 4) is 0 Å². The molecular formula is C15H11BrN4O3. The Morgan fingerprint density at radius 1 is 1.30 bits per heavy atom. The second-order valence-corrected chi connectivity index (χ2v) is 5.75. The molecule has 23 heavy (non-hydrogen) atoms. The van der Waals surface area contributed by atoms with Gasteiger partial charge in [0.25, 0.3) is 11.6 Å². The normalized spacial score (nSPS) is 10.7. The van der Waals surface area contributed by atoms with Crippen molar-refractivity contribution in [3.05, 3.63) is 74.6 Å². The number of pyridine rings is 1. The number of benzene rings is 1. The highest BCUT2D eigenvalue weighted by molar-refractivity contribution is 9.10. The molecule has 2 heterocycles. The van der Waals surface area contributed by atoms with Gasteiger partial charge in [-0.1, -0.05) is 6.07 Å². The maximum atomic E-state index is 12.1. The van der Waals surface area contributed by atoms with Crippen LogP contribution in [0.2, 0.25) is 0 Å². The fraction of sp³-hybridized carbons (Fsp3) is 0.0667. The van der Waals surface area contributed by atoms with E-state index in [1.807, 2.05) is 28.9 Å². The molecule has 3 aromatic rings. The Morgan fingerprint density at radius 2 is 2.13 bits per heavy atom. The molecule has 0 unspecified atom stereocenters. The number of hydrogen-bond donors (Lipinski definition) is 1. The number of carbonyl (C=O) groups is 1. The molecule has 8 heteroatoms. The molecule has 0 bridgehead atoms. The van der Waals surface area contributed by atoms with Gasteiger partial charge in [-0.05, 0) is 34.1 Å². The predicted molar refractivity (Wildman–Crippen MR) is 87.2 cm³/mol. The van der Waals surface area contributed by atoms with Crippen LogP contribution in [0.1, 0.15) is 16.1 Å². The van der Waals surface area contributed by atoms with Crippen LogP contribution in [-0.4, -0.2) is 20.2 Å². The Kier molecular flexibility index (Phi) is 4.07. The van der Waals surface area contributed by atoms with Gasteiger partial charge < -0.3 is 9.72 Å². The van der Waals surface area contributed by atoms with Crippen molar-refractivity contribution in [2.75, 3.05) is 0 Å². The van der Waals surface area contributed by atoms with Crippen LogP contribution in [0.15, 0.2) is 53.3 Å². The summed E-state index contributed by atoms with van der Waals surface area (Å²) in [6, 6.07) is 9.34. The Balaban J connectivity index is 1.72. The number of carbonyl (C=O) groups excluding carboxylic acids is 1. The van der Waals surface area contributed by atoms with E-state index < -0.39 is 4.92 Å². The molecule has 3 rings (SSSR count). The zero-order valence-corrected chi connectivity index (χ0v) is 13.4. The molecule has 116 valence electrons. The van der Waals surface area contributed by atoms with Gasteiger partial charge >= 0.3 is 0 Å². The summed E-state index contributed by atoms with van der Waals surface area (Å²) in [5.41, 5.74) is 1.59. The number of imidazole rings is 1. The van der Waals surface area contributed by atoms with Gasteiger partial charge in [-0.15, -0.1) is 0 Å². The van der Waals surface area contributed by atoms with Crippen molar-refractivity contribution in [2.45, 2.75) is 6.54 Å². The maximum Gasteiger partial charge on any atom is 0.270 e. The molecular weight excluding hydrogens is 364 g/mol. The minimum atomic E-state index is -0.531. The van der Waals surface area contributed by atoms with Crippen molar-refractivity contribution in [1.82, 2.24) is 14.7 Å².